The number of Topliss-reactive ketones (excluding diaryl/α,β-unsaturated/α-hetero) is 1. The number of carbonyl (C=O) groups is 2. The van der Waals surface area contributed by atoms with Crippen LogP contribution in [0.1, 0.15) is 77.2 Å². The average molecular weight is 432 g/mol. The molecule has 1 aromatic rings. The van der Waals surface area contributed by atoms with Crippen molar-refractivity contribution < 1.29 is 19.4 Å². The second kappa shape index (κ2) is 15.6. The Hall–Kier alpha value is -2.14. The van der Waals surface area contributed by atoms with Crippen LogP contribution in [-0.4, -0.2) is 37.4 Å². The first-order valence-electron chi connectivity index (χ1n) is 11.6. The molecule has 0 aromatic heterocycles. The molecular weight excluding hydrogens is 390 g/mol. The monoisotopic (exact) mass is 431 g/mol. The molecule has 0 spiro atoms. The minimum Gasteiger partial charge on any atom is -0.504 e. The van der Waals surface area contributed by atoms with Crippen LogP contribution < -0.4 is 10.1 Å². The summed E-state index contributed by atoms with van der Waals surface area (Å²) in [6.07, 6.45) is 11.5. The predicted octanol–water partition coefficient (Wildman–Crippen LogP) is 5.55. The Kier molecular flexibility index (Phi) is 13.6. The van der Waals surface area contributed by atoms with Crippen molar-refractivity contribution in [3.05, 3.63) is 29.8 Å². The molecule has 5 heteroatoms. The number of ketones is 2. The number of methoxy groups -OCH3 is 1. The van der Waals surface area contributed by atoms with Crippen molar-refractivity contribution in [2.45, 2.75) is 71.6 Å². The molecule has 0 aliphatic heterocycles. The second-order valence-corrected chi connectivity index (χ2v) is 8.79. The summed E-state index contributed by atoms with van der Waals surface area (Å²) in [5, 5.41) is 12.9. The van der Waals surface area contributed by atoms with E-state index in [-0.39, 0.29) is 23.7 Å². The van der Waals surface area contributed by atoms with Crippen LogP contribution in [0.15, 0.2) is 24.3 Å². The molecule has 0 aliphatic carbocycles. The van der Waals surface area contributed by atoms with Crippen molar-refractivity contribution >= 4 is 17.6 Å². The molecule has 1 unspecified atom stereocenters. The minimum atomic E-state index is -0.198. The van der Waals surface area contributed by atoms with E-state index in [0.29, 0.717) is 18.1 Å². The van der Waals surface area contributed by atoms with Crippen LogP contribution in [0.25, 0.3) is 6.08 Å². The van der Waals surface area contributed by atoms with Crippen LogP contribution in [0, 0.1) is 11.8 Å². The van der Waals surface area contributed by atoms with Crippen LogP contribution in [0.3, 0.4) is 0 Å². The first kappa shape index (κ1) is 26.9. The molecule has 31 heavy (non-hydrogen) atoms. The van der Waals surface area contributed by atoms with Gasteiger partial charge in [0.25, 0.3) is 0 Å². The Morgan fingerprint density at radius 1 is 1.10 bits per heavy atom. The molecule has 0 heterocycles. The van der Waals surface area contributed by atoms with Gasteiger partial charge in [0.15, 0.2) is 17.3 Å². The Balaban J connectivity index is 2.26. The van der Waals surface area contributed by atoms with E-state index in [1.807, 2.05) is 7.05 Å². The summed E-state index contributed by atoms with van der Waals surface area (Å²) >= 11 is 0. The molecule has 0 bridgehead atoms. The fraction of sp³-hybridized carbons (Fsp3) is 0.615. The van der Waals surface area contributed by atoms with Gasteiger partial charge in [-0.15, -0.1) is 0 Å². The van der Waals surface area contributed by atoms with Gasteiger partial charge >= 0.3 is 0 Å². The van der Waals surface area contributed by atoms with Gasteiger partial charge in [0.05, 0.1) is 13.5 Å². The zero-order valence-electron chi connectivity index (χ0n) is 19.8. The van der Waals surface area contributed by atoms with Crippen LogP contribution in [0.2, 0.25) is 0 Å². The average Bonchev–Trinajstić information content (AvgIpc) is 2.72. The Morgan fingerprint density at radius 3 is 2.52 bits per heavy atom. The van der Waals surface area contributed by atoms with E-state index < -0.39 is 0 Å². The summed E-state index contributed by atoms with van der Waals surface area (Å²) in [4.78, 5) is 24.1. The van der Waals surface area contributed by atoms with Crippen LogP contribution in [0.4, 0.5) is 0 Å². The molecule has 0 fully saturated rings. The Labute approximate surface area is 188 Å². The van der Waals surface area contributed by atoms with Crippen LogP contribution in [-0.2, 0) is 9.59 Å². The number of nitrogens with one attached hydrogen (secondary N) is 1. The number of allylic oxidation sites excluding steroid dienone is 1. The molecule has 0 saturated carbocycles. The van der Waals surface area contributed by atoms with E-state index in [1.54, 1.807) is 18.2 Å². The molecule has 1 rings (SSSR count). The van der Waals surface area contributed by atoms with Gasteiger partial charge in [-0.25, -0.2) is 0 Å². The second-order valence-electron chi connectivity index (χ2n) is 8.79. The van der Waals surface area contributed by atoms with E-state index in [9.17, 15) is 14.7 Å². The highest BCUT2D eigenvalue weighted by Gasteiger charge is 2.10. The molecule has 174 valence electrons. The molecule has 2 N–H and O–H groups in total. The van der Waals surface area contributed by atoms with E-state index in [0.717, 1.165) is 37.3 Å². The lowest BCUT2D eigenvalue weighted by Gasteiger charge is -2.17. The molecule has 0 aliphatic rings. The van der Waals surface area contributed by atoms with Gasteiger partial charge in [0.2, 0.25) is 0 Å². The Morgan fingerprint density at radius 2 is 1.84 bits per heavy atom. The summed E-state index contributed by atoms with van der Waals surface area (Å²) < 4.78 is 5.05. The molecular formula is C26H41NO4. The highest BCUT2D eigenvalue weighted by atomic mass is 16.5. The highest BCUT2D eigenvalue weighted by molar-refractivity contribution is 6.06. The first-order chi connectivity index (χ1) is 14.8. The Bertz CT molecular complexity index is 697. The standard InChI is InChI=1S/C26H41NO4/c1-20(2)9-8-11-22(19-27-3)10-6-5-7-12-23(28)18-24(29)15-13-21-14-16-25(30)26(17-21)31-4/h13-17,20,22,27,30H,5-12,18-19H2,1-4H3. The third-order valence-electron chi connectivity index (χ3n) is 5.49. The van der Waals surface area contributed by atoms with Crippen molar-refractivity contribution in [1.29, 1.82) is 0 Å². The molecule has 0 radical (unpaired) electrons. The largest absolute Gasteiger partial charge is 0.504 e. The summed E-state index contributed by atoms with van der Waals surface area (Å²) in [5.41, 5.74) is 0.736. The normalized spacial score (nSPS) is 12.4. The van der Waals surface area contributed by atoms with Gasteiger partial charge in [-0.3, -0.25) is 9.59 Å². The highest BCUT2D eigenvalue weighted by Crippen LogP contribution is 2.26. The lowest BCUT2D eigenvalue weighted by atomic mass is 9.93. The van der Waals surface area contributed by atoms with Gasteiger partial charge < -0.3 is 15.2 Å². The summed E-state index contributed by atoms with van der Waals surface area (Å²) in [5.74, 6) is 1.68. The van der Waals surface area contributed by atoms with E-state index in [1.165, 1.54) is 44.9 Å². The predicted molar refractivity (Wildman–Crippen MR) is 128 cm³/mol. The van der Waals surface area contributed by atoms with Crippen molar-refractivity contribution in [3.63, 3.8) is 0 Å². The summed E-state index contributed by atoms with van der Waals surface area (Å²) in [6, 6.07) is 4.85. The number of phenolic OH excluding ortho intramolecular Hbond substituents is 1. The van der Waals surface area contributed by atoms with Gasteiger partial charge in [-0.2, -0.15) is 0 Å². The third kappa shape index (κ3) is 12.3. The van der Waals surface area contributed by atoms with Crippen molar-refractivity contribution in [3.8, 4) is 11.5 Å². The maximum absolute atomic E-state index is 12.1. The van der Waals surface area contributed by atoms with Crippen molar-refractivity contribution in [2.75, 3.05) is 20.7 Å². The fourth-order valence-corrected chi connectivity index (χ4v) is 3.71. The van der Waals surface area contributed by atoms with Crippen LogP contribution >= 0.6 is 0 Å². The number of hydrogen-bond acceptors (Lipinski definition) is 5. The first-order valence-corrected chi connectivity index (χ1v) is 11.6. The topological polar surface area (TPSA) is 75.6 Å². The number of carbonyl (C=O) groups excluding carboxylic acids is 2. The maximum atomic E-state index is 12.1. The zero-order chi connectivity index (χ0) is 23.1. The quantitative estimate of drug-likeness (QED) is 0.192. The van der Waals surface area contributed by atoms with Gasteiger partial charge in [0, 0.05) is 6.42 Å². The zero-order valence-corrected chi connectivity index (χ0v) is 19.8. The van der Waals surface area contributed by atoms with Gasteiger partial charge in [-0.1, -0.05) is 51.7 Å². The number of rotatable bonds is 17. The molecule has 5 nitrogen and oxygen atoms in total. The summed E-state index contributed by atoms with van der Waals surface area (Å²) in [7, 11) is 3.48. The van der Waals surface area contributed by atoms with Gasteiger partial charge in [-0.05, 0) is 68.5 Å². The summed E-state index contributed by atoms with van der Waals surface area (Å²) in [6.45, 7) is 5.61. The molecule has 0 saturated heterocycles. The molecule has 1 aromatic carbocycles. The number of unbranched alkanes of at least 4 members (excludes halogenated alkanes) is 2. The third-order valence-corrected chi connectivity index (χ3v) is 5.49. The van der Waals surface area contributed by atoms with Gasteiger partial charge in [0.1, 0.15) is 5.78 Å². The van der Waals surface area contributed by atoms with E-state index >= 15 is 0 Å². The van der Waals surface area contributed by atoms with Crippen LogP contribution in [0.5, 0.6) is 11.5 Å². The number of phenols is 1. The number of ether oxygens (including phenoxy) is 1. The number of hydrogen-bond donors (Lipinski definition) is 2. The number of benzene rings is 1. The maximum Gasteiger partial charge on any atom is 0.163 e. The van der Waals surface area contributed by atoms with Crippen molar-refractivity contribution in [2.24, 2.45) is 11.8 Å². The lowest BCUT2D eigenvalue weighted by molar-refractivity contribution is -0.124. The molecule has 0 amide bonds. The smallest absolute Gasteiger partial charge is 0.163 e. The minimum absolute atomic E-state index is 0.00152. The fourth-order valence-electron chi connectivity index (χ4n) is 3.71. The van der Waals surface area contributed by atoms with E-state index in [4.69, 9.17) is 4.74 Å². The number of aromatic hydroxyl groups is 1. The van der Waals surface area contributed by atoms with E-state index in [2.05, 4.69) is 19.2 Å². The van der Waals surface area contributed by atoms with Crippen molar-refractivity contribution in [1.82, 2.24) is 5.32 Å². The molecule has 1 atom stereocenters. The lowest BCUT2D eigenvalue weighted by Crippen LogP contribution is -2.19. The SMILES string of the molecule is CNCC(CCCCCC(=O)CC(=O)C=Cc1ccc(O)c(OC)c1)CCCC(C)C.